The quantitative estimate of drug-likeness (QED) is 0.605. The summed E-state index contributed by atoms with van der Waals surface area (Å²) in [5.74, 6) is 0. The Bertz CT molecular complexity index is 142. The van der Waals surface area contributed by atoms with E-state index in [-0.39, 0.29) is 11.6 Å². The highest BCUT2D eigenvalue weighted by molar-refractivity contribution is 9.09. The van der Waals surface area contributed by atoms with Gasteiger partial charge < -0.3 is 10.1 Å². The summed E-state index contributed by atoms with van der Waals surface area (Å²) in [5, 5.41) is 3.56. The number of carbonyl (C=O) groups excluding carboxylic acids is 1. The van der Waals surface area contributed by atoms with Gasteiger partial charge in [0, 0.05) is 10.9 Å². The van der Waals surface area contributed by atoms with Gasteiger partial charge >= 0.3 is 6.09 Å². The average Bonchev–Trinajstić information content (AvgIpc) is 1.84. The van der Waals surface area contributed by atoms with Gasteiger partial charge in [-0.1, -0.05) is 15.9 Å². The Balaban J connectivity index is 3.47. The van der Waals surface area contributed by atoms with Crippen molar-refractivity contribution >= 4 is 22.0 Å². The Hall–Kier alpha value is -0.250. The van der Waals surface area contributed by atoms with Crippen molar-refractivity contribution in [1.82, 2.24) is 5.32 Å². The van der Waals surface area contributed by atoms with Crippen LogP contribution in [-0.4, -0.2) is 23.6 Å². The van der Waals surface area contributed by atoms with Crippen LogP contribution in [0.2, 0.25) is 0 Å². The third-order valence-corrected chi connectivity index (χ3v) is 1.55. The van der Waals surface area contributed by atoms with E-state index < -0.39 is 0 Å². The molecular formula is C8H16BrNO2. The van der Waals surface area contributed by atoms with Gasteiger partial charge in [-0.05, 0) is 27.2 Å². The molecule has 1 amide bonds. The maximum absolute atomic E-state index is 11.0. The number of halogens is 1. The second-order valence-electron chi connectivity index (χ2n) is 3.55. The largest absolute Gasteiger partial charge is 0.450 e. The fraction of sp³-hybridized carbons (Fsp3) is 0.875. The Kier molecular flexibility index (Phi) is 5.29. The summed E-state index contributed by atoms with van der Waals surface area (Å²) in [7, 11) is 0. The van der Waals surface area contributed by atoms with Crippen LogP contribution in [0.25, 0.3) is 0 Å². The van der Waals surface area contributed by atoms with Crippen molar-refractivity contribution in [3.8, 4) is 0 Å². The van der Waals surface area contributed by atoms with Crippen LogP contribution >= 0.6 is 15.9 Å². The monoisotopic (exact) mass is 237 g/mol. The Labute approximate surface area is 82.0 Å². The van der Waals surface area contributed by atoms with Crippen molar-refractivity contribution in [2.45, 2.75) is 32.7 Å². The van der Waals surface area contributed by atoms with E-state index in [1.165, 1.54) is 0 Å². The molecule has 0 aromatic rings. The first kappa shape index (κ1) is 11.8. The van der Waals surface area contributed by atoms with Gasteiger partial charge in [-0.25, -0.2) is 4.79 Å². The molecule has 0 saturated carbocycles. The first-order valence-electron chi connectivity index (χ1n) is 3.96. The molecule has 0 aromatic heterocycles. The minimum atomic E-state index is -0.344. The zero-order valence-corrected chi connectivity index (χ0v) is 9.40. The molecule has 0 radical (unpaired) electrons. The fourth-order valence-corrected chi connectivity index (χ4v) is 0.791. The van der Waals surface area contributed by atoms with E-state index in [9.17, 15) is 4.79 Å². The van der Waals surface area contributed by atoms with E-state index in [1.807, 2.05) is 20.8 Å². The lowest BCUT2D eigenvalue weighted by molar-refractivity contribution is 0.138. The molecule has 0 unspecified atom stereocenters. The van der Waals surface area contributed by atoms with Crippen LogP contribution in [-0.2, 0) is 4.74 Å². The van der Waals surface area contributed by atoms with Crippen LogP contribution in [0.4, 0.5) is 4.79 Å². The minimum Gasteiger partial charge on any atom is -0.450 e. The van der Waals surface area contributed by atoms with Crippen LogP contribution in [0.15, 0.2) is 0 Å². The summed E-state index contributed by atoms with van der Waals surface area (Å²) in [6.07, 6.45) is 0.501. The number of ether oxygens (including phenoxy) is 1. The second-order valence-corrected chi connectivity index (χ2v) is 4.35. The zero-order chi connectivity index (χ0) is 9.61. The van der Waals surface area contributed by atoms with E-state index >= 15 is 0 Å². The maximum atomic E-state index is 11.0. The number of alkyl halides is 1. The molecule has 0 spiro atoms. The number of rotatable bonds is 3. The van der Waals surface area contributed by atoms with E-state index in [2.05, 4.69) is 21.2 Å². The molecule has 0 aromatic carbocycles. The lowest BCUT2D eigenvalue weighted by Crippen LogP contribution is -2.41. The third-order valence-electron chi connectivity index (χ3n) is 0.988. The molecule has 0 atom stereocenters. The second kappa shape index (κ2) is 5.41. The highest BCUT2D eigenvalue weighted by atomic mass is 79.9. The smallest absolute Gasteiger partial charge is 0.407 e. The standard InChI is InChI=1S/C8H16BrNO2/c1-8(2,3)10-7(11)12-6-4-5-9/h4-6H2,1-3H3,(H,10,11). The van der Waals surface area contributed by atoms with Gasteiger partial charge in [-0.15, -0.1) is 0 Å². The normalized spacial score (nSPS) is 11.0. The molecule has 72 valence electrons. The summed E-state index contributed by atoms with van der Waals surface area (Å²) in [5.41, 5.74) is -0.217. The fourth-order valence-electron chi connectivity index (χ4n) is 0.562. The number of nitrogens with one attached hydrogen (secondary N) is 1. The Morgan fingerprint density at radius 3 is 2.50 bits per heavy atom. The molecule has 0 aliphatic rings. The van der Waals surface area contributed by atoms with Crippen molar-refractivity contribution in [2.24, 2.45) is 0 Å². The number of amides is 1. The molecule has 0 bridgehead atoms. The van der Waals surface area contributed by atoms with Crippen molar-refractivity contribution in [2.75, 3.05) is 11.9 Å². The molecule has 0 aliphatic heterocycles. The summed E-state index contributed by atoms with van der Waals surface area (Å²) in [6, 6.07) is 0. The molecule has 3 nitrogen and oxygen atoms in total. The van der Waals surface area contributed by atoms with E-state index in [4.69, 9.17) is 4.74 Å². The lowest BCUT2D eigenvalue weighted by Gasteiger charge is -2.19. The van der Waals surface area contributed by atoms with Crippen LogP contribution in [0.1, 0.15) is 27.2 Å². The lowest BCUT2D eigenvalue weighted by atomic mass is 10.1. The predicted octanol–water partition coefficient (Wildman–Crippen LogP) is 2.30. The Morgan fingerprint density at radius 2 is 2.08 bits per heavy atom. The first-order chi connectivity index (χ1) is 5.45. The molecule has 0 aliphatic carbocycles. The van der Waals surface area contributed by atoms with Gasteiger partial charge in [-0.2, -0.15) is 0 Å². The molecule has 12 heavy (non-hydrogen) atoms. The molecule has 1 N–H and O–H groups in total. The molecule has 4 heteroatoms. The topological polar surface area (TPSA) is 38.3 Å². The molecule has 0 heterocycles. The van der Waals surface area contributed by atoms with Crippen LogP contribution in [0, 0.1) is 0 Å². The summed E-state index contributed by atoms with van der Waals surface area (Å²) in [6.45, 7) is 6.21. The highest BCUT2D eigenvalue weighted by Crippen LogP contribution is 1.99. The number of hydrogen-bond donors (Lipinski definition) is 1. The number of alkyl carbamates (subject to hydrolysis) is 1. The summed E-state index contributed by atoms with van der Waals surface area (Å²) >= 11 is 3.25. The SMILES string of the molecule is CC(C)(C)NC(=O)OCCCBr. The van der Waals surface area contributed by atoms with E-state index in [0.717, 1.165) is 11.8 Å². The van der Waals surface area contributed by atoms with Crippen molar-refractivity contribution in [3.05, 3.63) is 0 Å². The van der Waals surface area contributed by atoms with Gasteiger partial charge in [0.2, 0.25) is 0 Å². The molecule has 0 saturated heterocycles. The zero-order valence-electron chi connectivity index (χ0n) is 7.82. The number of hydrogen-bond acceptors (Lipinski definition) is 2. The maximum Gasteiger partial charge on any atom is 0.407 e. The molecule has 0 rings (SSSR count). The van der Waals surface area contributed by atoms with Crippen LogP contribution < -0.4 is 5.32 Å². The van der Waals surface area contributed by atoms with Gasteiger partial charge in [0.25, 0.3) is 0 Å². The van der Waals surface area contributed by atoms with Crippen molar-refractivity contribution in [3.63, 3.8) is 0 Å². The summed E-state index contributed by atoms with van der Waals surface area (Å²) in [4.78, 5) is 11.0. The highest BCUT2D eigenvalue weighted by Gasteiger charge is 2.13. The average molecular weight is 238 g/mol. The van der Waals surface area contributed by atoms with E-state index in [0.29, 0.717) is 6.61 Å². The van der Waals surface area contributed by atoms with Gasteiger partial charge in [0.1, 0.15) is 0 Å². The van der Waals surface area contributed by atoms with Crippen molar-refractivity contribution in [1.29, 1.82) is 0 Å². The molecule has 0 fully saturated rings. The minimum absolute atomic E-state index is 0.217. The van der Waals surface area contributed by atoms with E-state index in [1.54, 1.807) is 0 Å². The van der Waals surface area contributed by atoms with Gasteiger partial charge in [0.15, 0.2) is 0 Å². The van der Waals surface area contributed by atoms with Crippen LogP contribution in [0.5, 0.6) is 0 Å². The third kappa shape index (κ3) is 7.85. The number of carbonyl (C=O) groups is 1. The van der Waals surface area contributed by atoms with Crippen molar-refractivity contribution < 1.29 is 9.53 Å². The summed E-state index contributed by atoms with van der Waals surface area (Å²) < 4.78 is 4.88. The Morgan fingerprint density at radius 1 is 1.50 bits per heavy atom. The first-order valence-corrected chi connectivity index (χ1v) is 5.09. The van der Waals surface area contributed by atoms with Gasteiger partial charge in [0.05, 0.1) is 6.61 Å². The van der Waals surface area contributed by atoms with Gasteiger partial charge in [-0.3, -0.25) is 0 Å². The van der Waals surface area contributed by atoms with Crippen LogP contribution in [0.3, 0.4) is 0 Å². The predicted molar refractivity (Wildman–Crippen MR) is 52.6 cm³/mol. The molecular weight excluding hydrogens is 222 g/mol.